The molecule has 0 radical (unpaired) electrons. The Bertz CT molecular complexity index is 642. The van der Waals surface area contributed by atoms with Gasteiger partial charge in [-0.2, -0.15) is 0 Å². The molecule has 3 unspecified atom stereocenters. The van der Waals surface area contributed by atoms with E-state index >= 15 is 0 Å². The maximum Gasteiger partial charge on any atom is 0.362 e. The van der Waals surface area contributed by atoms with Crippen LogP contribution in [0.5, 0.6) is 0 Å². The van der Waals surface area contributed by atoms with E-state index in [1.165, 1.54) is 124 Å². The lowest BCUT2D eigenvalue weighted by Crippen LogP contribution is -2.70. The van der Waals surface area contributed by atoms with Crippen LogP contribution >= 0.6 is 0 Å². The molecule has 0 heterocycles. The maximum atomic E-state index is 11.8. The summed E-state index contributed by atoms with van der Waals surface area (Å²) in [6.07, 6.45) is 28.1. The average molecular weight is 555 g/mol. The van der Waals surface area contributed by atoms with Crippen molar-refractivity contribution < 1.29 is 34.2 Å². The van der Waals surface area contributed by atoms with E-state index in [0.29, 0.717) is 6.42 Å². The largest absolute Gasteiger partial charge is 0.477 e. The molecule has 0 aliphatic carbocycles. The van der Waals surface area contributed by atoms with Crippen LogP contribution in [0.1, 0.15) is 150 Å². The van der Waals surface area contributed by atoms with Crippen molar-refractivity contribution in [2.75, 3.05) is 6.54 Å². The van der Waals surface area contributed by atoms with Crippen molar-refractivity contribution in [2.24, 2.45) is 0 Å². The van der Waals surface area contributed by atoms with Gasteiger partial charge in [-0.05, 0) is 33.6 Å². The number of unbranched alkanes of at least 4 members (excludes halogenated alkanes) is 17. The number of hydrogen-bond donors (Lipinski definition) is 3. The number of quaternary nitrogens is 1. The second-order valence-electron chi connectivity index (χ2n) is 11.5. The van der Waals surface area contributed by atoms with E-state index in [-0.39, 0.29) is 6.54 Å². The lowest BCUT2D eigenvalue weighted by molar-refractivity contribution is -0.967. The standard InChI is InChI=1S/C32H59NO6/c1-5-6-7-8-9-10-11-12-13-14-15-16-17-18-19-20-21-22-23-24-25-26-33(27(2)30(34)35,28(3)31(36)37)29(4)32(38)39/h23-24,27-29H,5-22,25-26H2,1-4H3,(H2-,34,35,36,37,38,39)/p+1/b24-23+. The number of hydrogen-bond acceptors (Lipinski definition) is 3. The first-order valence-electron chi connectivity index (χ1n) is 15.8. The Morgan fingerprint density at radius 1 is 0.513 bits per heavy atom. The summed E-state index contributed by atoms with van der Waals surface area (Å²) in [6.45, 7) is 6.63. The summed E-state index contributed by atoms with van der Waals surface area (Å²) in [6, 6.07) is -3.46. The van der Waals surface area contributed by atoms with Crippen molar-refractivity contribution >= 4 is 17.9 Å². The second kappa shape index (κ2) is 22.9. The van der Waals surface area contributed by atoms with Crippen molar-refractivity contribution in [2.45, 2.75) is 168 Å². The average Bonchev–Trinajstić information content (AvgIpc) is 2.90. The molecule has 0 spiro atoms. The molecule has 7 heteroatoms. The third kappa shape index (κ3) is 15.5. The van der Waals surface area contributed by atoms with Gasteiger partial charge in [0.25, 0.3) is 0 Å². The summed E-state index contributed by atoms with van der Waals surface area (Å²) in [5.41, 5.74) is 0. The van der Waals surface area contributed by atoms with Gasteiger partial charge in [-0.3, -0.25) is 4.48 Å². The molecule has 0 fully saturated rings. The molecule has 0 bridgehead atoms. The molecule has 0 amide bonds. The lowest BCUT2D eigenvalue weighted by Gasteiger charge is -2.47. The number of rotatable bonds is 27. The van der Waals surface area contributed by atoms with Crippen molar-refractivity contribution in [1.29, 1.82) is 0 Å². The fourth-order valence-electron chi connectivity index (χ4n) is 5.72. The molecule has 0 aromatic heterocycles. The second-order valence-corrected chi connectivity index (χ2v) is 11.5. The minimum absolute atomic E-state index is 0.143. The molecule has 0 aromatic carbocycles. The number of aliphatic carboxylic acids is 3. The third-order valence-electron chi connectivity index (χ3n) is 8.56. The van der Waals surface area contributed by atoms with Crippen LogP contribution in [0.2, 0.25) is 0 Å². The Morgan fingerprint density at radius 2 is 0.795 bits per heavy atom. The highest BCUT2D eigenvalue weighted by molar-refractivity contribution is 5.77. The quantitative estimate of drug-likeness (QED) is 0.0536. The van der Waals surface area contributed by atoms with Crippen molar-refractivity contribution in [3.05, 3.63) is 12.2 Å². The normalized spacial score (nSPS) is 15.6. The van der Waals surface area contributed by atoms with Gasteiger partial charge in [-0.25, -0.2) is 14.4 Å². The van der Waals surface area contributed by atoms with Gasteiger partial charge in [-0.1, -0.05) is 122 Å². The van der Waals surface area contributed by atoms with Gasteiger partial charge >= 0.3 is 17.9 Å². The molecule has 228 valence electrons. The van der Waals surface area contributed by atoms with Gasteiger partial charge in [0.05, 0.1) is 6.54 Å². The predicted molar refractivity (Wildman–Crippen MR) is 159 cm³/mol. The summed E-state index contributed by atoms with van der Waals surface area (Å²) in [7, 11) is 0. The van der Waals surface area contributed by atoms with Gasteiger partial charge < -0.3 is 15.3 Å². The Labute approximate surface area is 238 Å². The smallest absolute Gasteiger partial charge is 0.362 e. The van der Waals surface area contributed by atoms with Crippen LogP contribution in [0.3, 0.4) is 0 Å². The van der Waals surface area contributed by atoms with Gasteiger partial charge in [0.1, 0.15) is 0 Å². The van der Waals surface area contributed by atoms with Gasteiger partial charge in [0, 0.05) is 6.42 Å². The molecule has 0 aliphatic heterocycles. The fraction of sp³-hybridized carbons (Fsp3) is 0.844. The first-order valence-corrected chi connectivity index (χ1v) is 15.8. The predicted octanol–water partition coefficient (Wildman–Crippen LogP) is 8.21. The molecule has 0 saturated carbocycles. The van der Waals surface area contributed by atoms with Crippen molar-refractivity contribution in [3.63, 3.8) is 0 Å². The van der Waals surface area contributed by atoms with E-state index in [4.69, 9.17) is 0 Å². The molecule has 0 aromatic rings. The zero-order chi connectivity index (χ0) is 29.5. The minimum Gasteiger partial charge on any atom is -0.477 e. The number of carboxylic acid groups (broad SMARTS) is 3. The molecule has 3 N–H and O–H groups in total. The summed E-state index contributed by atoms with van der Waals surface area (Å²) < 4.78 is -0.524. The topological polar surface area (TPSA) is 112 Å². The number of carboxylic acids is 3. The summed E-state index contributed by atoms with van der Waals surface area (Å²) in [5, 5.41) is 28.9. The van der Waals surface area contributed by atoms with E-state index in [0.717, 1.165) is 12.8 Å². The molecule has 0 saturated heterocycles. The van der Waals surface area contributed by atoms with Crippen LogP contribution < -0.4 is 0 Å². The molecule has 0 aliphatic rings. The number of carbonyl (C=O) groups is 3. The third-order valence-corrected chi connectivity index (χ3v) is 8.56. The molecular weight excluding hydrogens is 494 g/mol. The number of allylic oxidation sites excluding steroid dienone is 1. The molecule has 39 heavy (non-hydrogen) atoms. The maximum absolute atomic E-state index is 11.8. The van der Waals surface area contributed by atoms with Crippen LogP contribution in [-0.4, -0.2) is 62.4 Å². The summed E-state index contributed by atoms with van der Waals surface area (Å²) >= 11 is 0. The Hall–Kier alpha value is -1.89. The highest BCUT2D eigenvalue weighted by Gasteiger charge is 2.52. The van der Waals surface area contributed by atoms with E-state index in [1.54, 1.807) is 0 Å². The summed E-state index contributed by atoms with van der Waals surface area (Å²) in [4.78, 5) is 35.4. The fourth-order valence-corrected chi connectivity index (χ4v) is 5.72. The zero-order valence-electron chi connectivity index (χ0n) is 25.5. The first-order chi connectivity index (χ1) is 18.6. The van der Waals surface area contributed by atoms with E-state index < -0.39 is 40.5 Å². The lowest BCUT2D eigenvalue weighted by atomic mass is 10.0. The highest BCUT2D eigenvalue weighted by atomic mass is 16.4. The number of nitrogens with zero attached hydrogens (tertiary/aromatic N) is 1. The highest BCUT2D eigenvalue weighted by Crippen LogP contribution is 2.27. The molecule has 3 atom stereocenters. The van der Waals surface area contributed by atoms with E-state index in [2.05, 4.69) is 13.0 Å². The van der Waals surface area contributed by atoms with Crippen LogP contribution in [0, 0.1) is 0 Å². The molecular formula is C32H60NO6+. The van der Waals surface area contributed by atoms with Crippen LogP contribution in [-0.2, 0) is 14.4 Å². The monoisotopic (exact) mass is 554 g/mol. The van der Waals surface area contributed by atoms with Crippen molar-refractivity contribution in [3.8, 4) is 0 Å². The zero-order valence-corrected chi connectivity index (χ0v) is 25.5. The van der Waals surface area contributed by atoms with Gasteiger partial charge in [0.2, 0.25) is 0 Å². The Kier molecular flexibility index (Phi) is 21.8. The summed E-state index contributed by atoms with van der Waals surface area (Å²) in [5.74, 6) is -3.57. The van der Waals surface area contributed by atoms with Gasteiger partial charge in [-0.15, -0.1) is 0 Å². The minimum atomic E-state index is -1.19. The molecule has 0 rings (SSSR count). The van der Waals surface area contributed by atoms with Crippen LogP contribution in [0.15, 0.2) is 12.2 Å². The SMILES string of the molecule is CCCCCCCCCCCCCCCCCCC/C=C/CC[N+](C(C)C(=O)O)(C(C)C(=O)O)C(C)C(=O)O. The van der Waals surface area contributed by atoms with Crippen LogP contribution in [0.4, 0.5) is 0 Å². The van der Waals surface area contributed by atoms with Crippen LogP contribution in [0.25, 0.3) is 0 Å². The van der Waals surface area contributed by atoms with E-state index in [9.17, 15) is 29.7 Å². The van der Waals surface area contributed by atoms with E-state index in [1.807, 2.05) is 6.08 Å². The Balaban J connectivity index is 4.09. The van der Waals surface area contributed by atoms with Gasteiger partial charge in [0.15, 0.2) is 18.1 Å². The van der Waals surface area contributed by atoms with Crippen molar-refractivity contribution in [1.82, 2.24) is 0 Å². The first kappa shape index (κ1) is 37.1. The molecule has 7 nitrogen and oxygen atoms in total. The Morgan fingerprint density at radius 3 is 1.10 bits per heavy atom.